The van der Waals surface area contributed by atoms with Gasteiger partial charge in [-0.15, -0.1) is 0 Å². The maximum Gasteiger partial charge on any atom is 0.323 e. The molecule has 0 bridgehead atoms. The van der Waals surface area contributed by atoms with Gasteiger partial charge in [-0.3, -0.25) is 4.79 Å². The summed E-state index contributed by atoms with van der Waals surface area (Å²) in [5.41, 5.74) is 0. The molecule has 96 valence electrons. The number of hydrogen-bond acceptors (Lipinski definition) is 5. The molecule has 1 aromatic heterocycles. The molecule has 17 heavy (non-hydrogen) atoms. The van der Waals surface area contributed by atoms with E-state index >= 15 is 0 Å². The lowest BCUT2D eigenvalue weighted by Gasteiger charge is -2.15. The van der Waals surface area contributed by atoms with E-state index in [0.29, 0.717) is 12.4 Å². The van der Waals surface area contributed by atoms with Gasteiger partial charge in [-0.2, -0.15) is 0 Å². The zero-order valence-corrected chi connectivity index (χ0v) is 11.0. The van der Waals surface area contributed by atoms with Gasteiger partial charge in [0, 0.05) is 18.1 Å². The Bertz CT molecular complexity index is 317. The first-order valence-corrected chi connectivity index (χ1v) is 6.78. The second kappa shape index (κ2) is 8.14. The maximum absolute atomic E-state index is 11.7. The van der Waals surface area contributed by atoms with Crippen molar-refractivity contribution < 1.29 is 9.53 Å². The highest BCUT2D eigenvalue weighted by Gasteiger charge is 2.19. The first kappa shape index (κ1) is 14.1. The molecule has 0 saturated carbocycles. The van der Waals surface area contributed by atoms with Crippen LogP contribution in [0, 0.1) is 0 Å². The molecule has 5 nitrogen and oxygen atoms in total. The Morgan fingerprint density at radius 2 is 2.47 bits per heavy atom. The van der Waals surface area contributed by atoms with E-state index in [0.717, 1.165) is 18.1 Å². The molecule has 0 radical (unpaired) electrons. The molecule has 1 aromatic rings. The number of carbonyl (C=O) groups excluding carboxylic acids is 1. The van der Waals surface area contributed by atoms with Crippen LogP contribution in [-0.2, 0) is 9.53 Å². The number of esters is 1. The monoisotopic (exact) mass is 257 g/mol. The smallest absolute Gasteiger partial charge is 0.323 e. The summed E-state index contributed by atoms with van der Waals surface area (Å²) in [6.45, 7) is 5.10. The number of rotatable bonds is 8. The third kappa shape index (κ3) is 5.23. The average Bonchev–Trinajstić information content (AvgIpc) is 2.82. The minimum atomic E-state index is -0.273. The molecule has 0 amide bonds. The molecule has 1 unspecified atom stereocenters. The van der Waals surface area contributed by atoms with Gasteiger partial charge in [0.15, 0.2) is 5.16 Å². The van der Waals surface area contributed by atoms with Crippen molar-refractivity contribution in [2.45, 2.75) is 31.5 Å². The van der Waals surface area contributed by atoms with Crippen molar-refractivity contribution >= 4 is 17.7 Å². The molecule has 0 saturated heterocycles. The van der Waals surface area contributed by atoms with E-state index in [2.05, 4.69) is 22.2 Å². The van der Waals surface area contributed by atoms with Crippen LogP contribution in [0.2, 0.25) is 0 Å². The van der Waals surface area contributed by atoms with Crippen LogP contribution in [0.15, 0.2) is 17.6 Å². The second-order valence-electron chi connectivity index (χ2n) is 3.46. The van der Waals surface area contributed by atoms with Gasteiger partial charge in [0.2, 0.25) is 0 Å². The fraction of sp³-hybridized carbons (Fsp3) is 0.636. The zero-order chi connectivity index (χ0) is 12.5. The highest BCUT2D eigenvalue weighted by Crippen LogP contribution is 2.13. The molecule has 0 aliphatic rings. The summed E-state index contributed by atoms with van der Waals surface area (Å²) in [6.07, 6.45) is 4.45. The van der Waals surface area contributed by atoms with E-state index in [1.807, 2.05) is 6.92 Å². The summed E-state index contributed by atoms with van der Waals surface area (Å²) < 4.78 is 5.03. The Hall–Kier alpha value is -1.01. The number of H-pyrrole nitrogens is 1. The van der Waals surface area contributed by atoms with Gasteiger partial charge in [-0.05, 0) is 19.9 Å². The van der Waals surface area contributed by atoms with Gasteiger partial charge in [-0.1, -0.05) is 18.7 Å². The summed E-state index contributed by atoms with van der Waals surface area (Å²) in [7, 11) is 0. The SMILES string of the molecule is CCCNC(CSc1ncc[nH]1)C(=O)OCC. The van der Waals surface area contributed by atoms with Gasteiger partial charge in [0.25, 0.3) is 0 Å². The van der Waals surface area contributed by atoms with E-state index in [4.69, 9.17) is 4.74 Å². The number of thioether (sulfide) groups is 1. The topological polar surface area (TPSA) is 67.0 Å². The number of ether oxygens (including phenoxy) is 1. The molecular weight excluding hydrogens is 238 g/mol. The van der Waals surface area contributed by atoms with Gasteiger partial charge in [0.05, 0.1) is 6.61 Å². The fourth-order valence-corrected chi connectivity index (χ4v) is 2.13. The molecule has 2 N–H and O–H groups in total. The van der Waals surface area contributed by atoms with Crippen molar-refractivity contribution in [3.05, 3.63) is 12.4 Å². The van der Waals surface area contributed by atoms with Crippen LogP contribution in [-0.4, -0.2) is 40.9 Å². The molecule has 6 heteroatoms. The summed E-state index contributed by atoms with van der Waals surface area (Å²) in [6, 6.07) is -0.273. The molecule has 0 aromatic carbocycles. The van der Waals surface area contributed by atoms with Crippen molar-refractivity contribution in [1.29, 1.82) is 0 Å². The predicted molar refractivity (Wildman–Crippen MR) is 68.0 cm³/mol. The van der Waals surface area contributed by atoms with Gasteiger partial charge < -0.3 is 15.0 Å². The molecule has 1 rings (SSSR count). The summed E-state index contributed by atoms with van der Waals surface area (Å²) in [4.78, 5) is 18.8. The number of carbonyl (C=O) groups is 1. The molecule has 1 atom stereocenters. The Balaban J connectivity index is 2.41. The Morgan fingerprint density at radius 3 is 3.06 bits per heavy atom. The van der Waals surface area contributed by atoms with Gasteiger partial charge in [0.1, 0.15) is 6.04 Å². The van der Waals surface area contributed by atoms with E-state index in [-0.39, 0.29) is 12.0 Å². The highest BCUT2D eigenvalue weighted by molar-refractivity contribution is 7.99. The van der Waals surface area contributed by atoms with Crippen molar-refractivity contribution in [2.24, 2.45) is 0 Å². The van der Waals surface area contributed by atoms with Crippen LogP contribution >= 0.6 is 11.8 Å². The van der Waals surface area contributed by atoms with Crippen LogP contribution in [0.5, 0.6) is 0 Å². The number of hydrogen-bond donors (Lipinski definition) is 2. The van der Waals surface area contributed by atoms with E-state index < -0.39 is 0 Å². The molecule has 0 aliphatic heterocycles. The summed E-state index contributed by atoms with van der Waals surface area (Å²) >= 11 is 1.51. The van der Waals surface area contributed by atoms with E-state index in [9.17, 15) is 4.79 Å². The van der Waals surface area contributed by atoms with Crippen LogP contribution in [0.4, 0.5) is 0 Å². The third-order valence-electron chi connectivity index (χ3n) is 2.07. The van der Waals surface area contributed by atoms with Crippen molar-refractivity contribution in [2.75, 3.05) is 18.9 Å². The Morgan fingerprint density at radius 1 is 1.65 bits per heavy atom. The van der Waals surface area contributed by atoms with Crippen molar-refractivity contribution in [3.63, 3.8) is 0 Å². The number of aromatic nitrogens is 2. The second-order valence-corrected chi connectivity index (χ2v) is 4.47. The van der Waals surface area contributed by atoms with Crippen molar-refractivity contribution in [3.8, 4) is 0 Å². The first-order valence-electron chi connectivity index (χ1n) is 5.80. The number of nitrogens with one attached hydrogen (secondary N) is 2. The minimum absolute atomic E-state index is 0.194. The van der Waals surface area contributed by atoms with E-state index in [1.165, 1.54) is 11.8 Å². The molecule has 0 aliphatic carbocycles. The number of imidazole rings is 1. The van der Waals surface area contributed by atoms with Crippen LogP contribution < -0.4 is 5.32 Å². The lowest BCUT2D eigenvalue weighted by molar-refractivity contribution is -0.144. The zero-order valence-electron chi connectivity index (χ0n) is 10.2. The minimum Gasteiger partial charge on any atom is -0.465 e. The number of aromatic amines is 1. The third-order valence-corrected chi connectivity index (χ3v) is 3.07. The normalized spacial score (nSPS) is 12.4. The van der Waals surface area contributed by atoms with Crippen LogP contribution in [0.25, 0.3) is 0 Å². The molecule has 0 spiro atoms. The average molecular weight is 257 g/mol. The molecule has 0 fully saturated rings. The van der Waals surface area contributed by atoms with Crippen LogP contribution in [0.3, 0.4) is 0 Å². The van der Waals surface area contributed by atoms with Crippen molar-refractivity contribution in [1.82, 2.24) is 15.3 Å². The lowest BCUT2D eigenvalue weighted by atomic mass is 10.3. The molecular formula is C11H19N3O2S. The van der Waals surface area contributed by atoms with E-state index in [1.54, 1.807) is 12.4 Å². The predicted octanol–water partition coefficient (Wildman–Crippen LogP) is 1.43. The summed E-state index contributed by atoms with van der Waals surface area (Å²) in [5.74, 6) is 0.423. The fourth-order valence-electron chi connectivity index (χ4n) is 1.26. The standard InChI is InChI=1S/C11H19N3O2S/c1-3-5-12-9(10(15)16-4-2)8-17-11-13-6-7-14-11/h6-7,9,12H,3-5,8H2,1-2H3,(H,13,14). The Labute approximate surface area is 106 Å². The molecule has 1 heterocycles. The van der Waals surface area contributed by atoms with Gasteiger partial charge >= 0.3 is 5.97 Å². The van der Waals surface area contributed by atoms with Crippen LogP contribution in [0.1, 0.15) is 20.3 Å². The quantitative estimate of drug-likeness (QED) is 0.545. The van der Waals surface area contributed by atoms with Gasteiger partial charge in [-0.25, -0.2) is 4.98 Å². The number of nitrogens with zero attached hydrogens (tertiary/aromatic N) is 1. The summed E-state index contributed by atoms with van der Waals surface area (Å²) in [5, 5.41) is 4.00. The maximum atomic E-state index is 11.7. The Kier molecular flexibility index (Phi) is 6.73. The largest absolute Gasteiger partial charge is 0.465 e. The lowest BCUT2D eigenvalue weighted by Crippen LogP contribution is -2.40. The highest BCUT2D eigenvalue weighted by atomic mass is 32.2. The first-order chi connectivity index (χ1) is 8.27.